The van der Waals surface area contributed by atoms with Gasteiger partial charge in [0.2, 0.25) is 5.91 Å². The van der Waals surface area contributed by atoms with Crippen molar-refractivity contribution in [2.75, 3.05) is 31.1 Å². The number of anilines is 1. The molecule has 0 saturated carbocycles. The average Bonchev–Trinajstić information content (AvgIpc) is 3.33. The van der Waals surface area contributed by atoms with Crippen molar-refractivity contribution in [2.45, 2.75) is 6.54 Å². The van der Waals surface area contributed by atoms with Crippen LogP contribution in [0.15, 0.2) is 66.9 Å². The Bertz CT molecular complexity index is 1420. The second-order valence-corrected chi connectivity index (χ2v) is 8.28. The maximum Gasteiger partial charge on any atom is 0.244 e. The number of hydrogen-bond donors (Lipinski definition) is 0. The summed E-state index contributed by atoms with van der Waals surface area (Å²) in [5.41, 5.74) is 1.70. The fourth-order valence-corrected chi connectivity index (χ4v) is 4.12. The van der Waals surface area contributed by atoms with Gasteiger partial charge in [-0.25, -0.2) is 23.4 Å². The number of aromatic nitrogens is 4. The Labute approximate surface area is 206 Å². The molecule has 36 heavy (non-hydrogen) atoms. The third kappa shape index (κ3) is 4.77. The van der Waals surface area contributed by atoms with Crippen molar-refractivity contribution in [2.24, 2.45) is 0 Å². The number of hydrogen-bond acceptors (Lipinski definition) is 6. The molecule has 2 aromatic heterocycles. The van der Waals surface area contributed by atoms with E-state index in [9.17, 15) is 18.8 Å². The van der Waals surface area contributed by atoms with Gasteiger partial charge < -0.3 is 9.80 Å². The van der Waals surface area contributed by atoms with Crippen molar-refractivity contribution in [1.29, 1.82) is 5.26 Å². The summed E-state index contributed by atoms with van der Waals surface area (Å²) >= 11 is 0. The van der Waals surface area contributed by atoms with Crippen LogP contribution < -0.4 is 4.90 Å². The minimum Gasteiger partial charge on any atom is -0.352 e. The van der Waals surface area contributed by atoms with E-state index in [1.807, 2.05) is 4.90 Å². The normalized spacial score (nSPS) is 13.5. The number of rotatable bonds is 5. The zero-order valence-corrected chi connectivity index (χ0v) is 19.2. The SMILES string of the molecule is N#Cc1cccnc1N1CCN(C(=O)Cn2nc(-c3ccc(F)cc3)nc2-c2ccc(F)cc2)CC1. The Morgan fingerprint density at radius 1 is 0.917 bits per heavy atom. The summed E-state index contributed by atoms with van der Waals surface area (Å²) in [6.45, 7) is 1.95. The van der Waals surface area contributed by atoms with Gasteiger partial charge in [-0.1, -0.05) is 0 Å². The van der Waals surface area contributed by atoms with Gasteiger partial charge in [-0.3, -0.25) is 4.79 Å². The highest BCUT2D eigenvalue weighted by Crippen LogP contribution is 2.24. The highest BCUT2D eigenvalue weighted by molar-refractivity contribution is 5.77. The molecule has 0 unspecified atom stereocenters. The summed E-state index contributed by atoms with van der Waals surface area (Å²) in [5, 5.41) is 13.9. The number of halogens is 2. The molecule has 8 nitrogen and oxygen atoms in total. The van der Waals surface area contributed by atoms with Gasteiger partial charge in [0.1, 0.15) is 30.1 Å². The lowest BCUT2D eigenvalue weighted by molar-refractivity contribution is -0.132. The third-order valence-electron chi connectivity index (χ3n) is 6.00. The lowest BCUT2D eigenvalue weighted by atomic mass is 10.2. The van der Waals surface area contributed by atoms with Crippen LogP contribution in [0.25, 0.3) is 22.8 Å². The Kier molecular flexibility index (Phi) is 6.36. The molecule has 0 radical (unpaired) electrons. The molecule has 0 spiro atoms. The van der Waals surface area contributed by atoms with E-state index < -0.39 is 0 Å². The maximum atomic E-state index is 13.5. The summed E-state index contributed by atoms with van der Waals surface area (Å²) in [7, 11) is 0. The highest BCUT2D eigenvalue weighted by Gasteiger charge is 2.25. The van der Waals surface area contributed by atoms with E-state index in [0.717, 1.165) is 0 Å². The van der Waals surface area contributed by atoms with Crippen LogP contribution >= 0.6 is 0 Å². The largest absolute Gasteiger partial charge is 0.352 e. The molecule has 1 aliphatic rings. The first-order valence-electron chi connectivity index (χ1n) is 11.4. The van der Waals surface area contributed by atoms with Gasteiger partial charge in [0.25, 0.3) is 0 Å². The summed E-state index contributed by atoms with van der Waals surface area (Å²) in [6, 6.07) is 17.2. The Balaban J connectivity index is 1.35. The molecule has 1 saturated heterocycles. The third-order valence-corrected chi connectivity index (χ3v) is 6.00. The van der Waals surface area contributed by atoms with E-state index in [0.29, 0.717) is 60.3 Å². The first kappa shape index (κ1) is 23.1. The van der Waals surface area contributed by atoms with E-state index in [2.05, 4.69) is 21.1 Å². The Morgan fingerprint density at radius 3 is 2.19 bits per heavy atom. The van der Waals surface area contributed by atoms with Crippen LogP contribution in [-0.4, -0.2) is 56.7 Å². The zero-order chi connectivity index (χ0) is 25.1. The molecule has 1 amide bonds. The molecule has 1 aliphatic heterocycles. The molecule has 4 aromatic rings. The summed E-state index contributed by atoms with van der Waals surface area (Å²) < 4.78 is 28.4. The van der Waals surface area contributed by atoms with Crippen LogP contribution in [0.5, 0.6) is 0 Å². The monoisotopic (exact) mass is 485 g/mol. The number of benzene rings is 2. The first-order valence-corrected chi connectivity index (χ1v) is 11.4. The number of nitrogens with zero attached hydrogens (tertiary/aromatic N) is 7. The molecule has 3 heterocycles. The van der Waals surface area contributed by atoms with E-state index in [1.165, 1.54) is 28.9 Å². The molecule has 0 bridgehead atoms. The van der Waals surface area contributed by atoms with Gasteiger partial charge in [-0.2, -0.15) is 5.26 Å². The average molecular weight is 485 g/mol. The zero-order valence-electron chi connectivity index (χ0n) is 19.2. The molecule has 5 rings (SSSR count). The molecule has 180 valence electrons. The number of piperazine rings is 1. The van der Waals surface area contributed by atoms with Crippen LogP contribution in [0, 0.1) is 23.0 Å². The molecule has 0 atom stereocenters. The van der Waals surface area contributed by atoms with Crippen LogP contribution in [0.2, 0.25) is 0 Å². The highest BCUT2D eigenvalue weighted by atomic mass is 19.1. The smallest absolute Gasteiger partial charge is 0.244 e. The molecular weight excluding hydrogens is 464 g/mol. The van der Waals surface area contributed by atoms with Crippen molar-refractivity contribution in [3.8, 4) is 28.8 Å². The summed E-state index contributed by atoms with van der Waals surface area (Å²) in [6.07, 6.45) is 1.65. The number of carbonyl (C=O) groups excluding carboxylic acids is 1. The van der Waals surface area contributed by atoms with Crippen molar-refractivity contribution < 1.29 is 13.6 Å². The molecule has 10 heteroatoms. The van der Waals surface area contributed by atoms with Gasteiger partial charge in [0.15, 0.2) is 11.6 Å². The molecular formula is C26H21F2N7O. The van der Waals surface area contributed by atoms with E-state index in [-0.39, 0.29) is 24.1 Å². The van der Waals surface area contributed by atoms with Crippen molar-refractivity contribution in [3.05, 3.63) is 84.1 Å². The fourth-order valence-electron chi connectivity index (χ4n) is 4.12. The van der Waals surface area contributed by atoms with Gasteiger partial charge in [-0.15, -0.1) is 5.10 Å². The van der Waals surface area contributed by atoms with Crippen molar-refractivity contribution >= 4 is 11.7 Å². The van der Waals surface area contributed by atoms with Crippen LogP contribution in [0.4, 0.5) is 14.6 Å². The number of amides is 1. The quantitative estimate of drug-likeness (QED) is 0.430. The van der Waals surface area contributed by atoms with E-state index in [4.69, 9.17) is 0 Å². The minimum absolute atomic E-state index is 0.0616. The second kappa shape index (κ2) is 9.92. The number of pyridine rings is 1. The van der Waals surface area contributed by atoms with Crippen molar-refractivity contribution in [1.82, 2.24) is 24.6 Å². The van der Waals surface area contributed by atoms with Gasteiger partial charge in [0, 0.05) is 43.5 Å². The van der Waals surface area contributed by atoms with Gasteiger partial charge in [0.05, 0.1) is 5.56 Å². The lowest BCUT2D eigenvalue weighted by Gasteiger charge is -2.35. The van der Waals surface area contributed by atoms with Gasteiger partial charge in [-0.05, 0) is 60.7 Å². The van der Waals surface area contributed by atoms with Gasteiger partial charge >= 0.3 is 0 Å². The van der Waals surface area contributed by atoms with E-state index in [1.54, 1.807) is 47.5 Å². The fraction of sp³-hybridized carbons (Fsp3) is 0.192. The van der Waals surface area contributed by atoms with E-state index >= 15 is 0 Å². The Hall–Kier alpha value is -4.65. The number of nitriles is 1. The lowest BCUT2D eigenvalue weighted by Crippen LogP contribution is -2.50. The summed E-state index contributed by atoms with van der Waals surface area (Å²) in [5.74, 6) is 0.462. The first-order chi connectivity index (χ1) is 17.5. The molecule has 2 aromatic carbocycles. The minimum atomic E-state index is -0.384. The second-order valence-electron chi connectivity index (χ2n) is 8.28. The predicted octanol–water partition coefficient (Wildman–Crippen LogP) is 3.51. The molecule has 0 N–H and O–H groups in total. The topological polar surface area (TPSA) is 90.9 Å². The number of carbonyl (C=O) groups is 1. The standard InChI is InChI=1S/C26H21F2N7O/c27-21-7-3-18(4-8-21)24-31-26(19-5-9-22(28)10-6-19)35(32-24)17-23(36)33-12-14-34(15-13-33)25-20(16-29)2-1-11-30-25/h1-11H,12-15,17H2. The van der Waals surface area contributed by atoms with Crippen LogP contribution in [0.1, 0.15) is 5.56 Å². The van der Waals surface area contributed by atoms with Crippen LogP contribution in [0.3, 0.4) is 0 Å². The summed E-state index contributed by atoms with van der Waals surface area (Å²) in [4.78, 5) is 25.8. The van der Waals surface area contributed by atoms with Crippen LogP contribution in [-0.2, 0) is 11.3 Å². The maximum absolute atomic E-state index is 13.5. The van der Waals surface area contributed by atoms with Crippen molar-refractivity contribution in [3.63, 3.8) is 0 Å². The predicted molar refractivity (Wildman–Crippen MR) is 129 cm³/mol. The molecule has 1 fully saturated rings. The Morgan fingerprint density at radius 2 is 1.56 bits per heavy atom. The molecule has 0 aliphatic carbocycles.